The molecule has 0 saturated carbocycles. The van der Waals surface area contributed by atoms with E-state index in [1.165, 1.54) is 0 Å². The lowest BCUT2D eigenvalue weighted by Crippen LogP contribution is -2.50. The number of hydrogen-bond donors (Lipinski definition) is 1. The molecule has 154 valence electrons. The molecule has 6 nitrogen and oxygen atoms in total. The molecule has 3 rings (SSSR count). The molecule has 1 aliphatic rings. The first-order valence-electron chi connectivity index (χ1n) is 9.93. The van der Waals surface area contributed by atoms with Crippen molar-refractivity contribution in [3.8, 4) is 0 Å². The van der Waals surface area contributed by atoms with Gasteiger partial charge in [-0.2, -0.15) is 0 Å². The standard InChI is InChI=1S/C23H29N3O3/c1-17-5-4-6-18(2)22(17)24-21(27)15-25-11-13-26(14-12-25)23(28)20-9-7-19(8-10-20)16-29-3/h4-10H,11-16H2,1-3H3,(H,24,27). The number of amides is 2. The lowest BCUT2D eigenvalue weighted by molar-refractivity contribution is -0.117. The summed E-state index contributed by atoms with van der Waals surface area (Å²) in [5.41, 5.74) is 4.74. The Morgan fingerprint density at radius 1 is 0.966 bits per heavy atom. The first kappa shape index (κ1) is 21.0. The molecule has 1 heterocycles. The Kier molecular flexibility index (Phi) is 7.01. The largest absolute Gasteiger partial charge is 0.380 e. The maximum atomic E-state index is 12.7. The van der Waals surface area contributed by atoms with Gasteiger partial charge in [0, 0.05) is 44.5 Å². The lowest BCUT2D eigenvalue weighted by Gasteiger charge is -2.34. The van der Waals surface area contributed by atoms with Gasteiger partial charge in [0.1, 0.15) is 0 Å². The van der Waals surface area contributed by atoms with Gasteiger partial charge in [0.2, 0.25) is 5.91 Å². The van der Waals surface area contributed by atoms with E-state index in [1.807, 2.05) is 61.2 Å². The van der Waals surface area contributed by atoms with Crippen LogP contribution in [-0.2, 0) is 16.1 Å². The normalized spacial score (nSPS) is 14.7. The summed E-state index contributed by atoms with van der Waals surface area (Å²) in [5.74, 6) is 0.0181. The third kappa shape index (κ3) is 5.43. The molecule has 1 N–H and O–H groups in total. The number of nitrogens with one attached hydrogen (secondary N) is 1. The first-order chi connectivity index (χ1) is 14.0. The van der Waals surface area contributed by atoms with Crippen LogP contribution >= 0.6 is 0 Å². The zero-order valence-corrected chi connectivity index (χ0v) is 17.4. The van der Waals surface area contributed by atoms with Gasteiger partial charge in [-0.3, -0.25) is 14.5 Å². The van der Waals surface area contributed by atoms with Crippen LogP contribution < -0.4 is 5.32 Å². The SMILES string of the molecule is COCc1ccc(C(=O)N2CCN(CC(=O)Nc3c(C)cccc3C)CC2)cc1. The minimum atomic E-state index is -0.0177. The number of rotatable bonds is 6. The summed E-state index contributed by atoms with van der Waals surface area (Å²) in [7, 11) is 1.65. The Hall–Kier alpha value is -2.70. The van der Waals surface area contributed by atoms with Gasteiger partial charge in [0.15, 0.2) is 0 Å². The number of piperazine rings is 1. The summed E-state index contributed by atoms with van der Waals surface area (Å²) >= 11 is 0. The van der Waals surface area contributed by atoms with E-state index < -0.39 is 0 Å². The topological polar surface area (TPSA) is 61.9 Å². The minimum absolute atomic E-state index is 0.0177. The molecule has 0 aromatic heterocycles. The second kappa shape index (κ2) is 9.67. The van der Waals surface area contributed by atoms with E-state index in [4.69, 9.17) is 4.74 Å². The van der Waals surface area contributed by atoms with Crippen molar-refractivity contribution in [2.24, 2.45) is 0 Å². The highest BCUT2D eigenvalue weighted by Gasteiger charge is 2.23. The van der Waals surface area contributed by atoms with E-state index in [2.05, 4.69) is 10.2 Å². The van der Waals surface area contributed by atoms with E-state index in [-0.39, 0.29) is 11.8 Å². The molecular formula is C23H29N3O3. The number of methoxy groups -OCH3 is 1. The van der Waals surface area contributed by atoms with Crippen LogP contribution in [0.1, 0.15) is 27.0 Å². The number of hydrogen-bond acceptors (Lipinski definition) is 4. The average Bonchev–Trinajstić information content (AvgIpc) is 2.72. The molecule has 1 aliphatic heterocycles. The average molecular weight is 396 g/mol. The molecule has 0 spiro atoms. The first-order valence-corrected chi connectivity index (χ1v) is 9.93. The highest BCUT2D eigenvalue weighted by Crippen LogP contribution is 2.19. The van der Waals surface area contributed by atoms with Gasteiger partial charge in [-0.15, -0.1) is 0 Å². The quantitative estimate of drug-likeness (QED) is 0.817. The van der Waals surface area contributed by atoms with Gasteiger partial charge in [-0.1, -0.05) is 30.3 Å². The number of anilines is 1. The predicted molar refractivity (Wildman–Crippen MR) is 114 cm³/mol. The van der Waals surface area contributed by atoms with Crippen LogP contribution in [0.25, 0.3) is 0 Å². The third-order valence-electron chi connectivity index (χ3n) is 5.28. The molecule has 0 bridgehead atoms. The summed E-state index contributed by atoms with van der Waals surface area (Å²) in [4.78, 5) is 29.1. The lowest BCUT2D eigenvalue weighted by atomic mass is 10.1. The van der Waals surface area contributed by atoms with Crippen LogP contribution in [0.5, 0.6) is 0 Å². The van der Waals surface area contributed by atoms with Crippen LogP contribution in [-0.4, -0.2) is 61.4 Å². The second-order valence-corrected chi connectivity index (χ2v) is 7.51. The van der Waals surface area contributed by atoms with Gasteiger partial charge < -0.3 is 15.0 Å². The summed E-state index contributed by atoms with van der Waals surface area (Å²) in [6, 6.07) is 13.5. The summed E-state index contributed by atoms with van der Waals surface area (Å²) in [5, 5.41) is 3.03. The van der Waals surface area contributed by atoms with E-state index in [9.17, 15) is 9.59 Å². The van der Waals surface area contributed by atoms with Crippen LogP contribution in [0.15, 0.2) is 42.5 Å². The molecule has 1 fully saturated rings. The molecule has 6 heteroatoms. The molecule has 0 atom stereocenters. The monoisotopic (exact) mass is 395 g/mol. The fourth-order valence-electron chi connectivity index (χ4n) is 3.60. The molecule has 0 aliphatic carbocycles. The Morgan fingerprint density at radius 2 is 1.59 bits per heavy atom. The predicted octanol–water partition coefficient (Wildman–Crippen LogP) is 2.85. The number of ether oxygens (including phenoxy) is 1. The molecule has 1 saturated heterocycles. The molecule has 0 radical (unpaired) electrons. The summed E-state index contributed by atoms with van der Waals surface area (Å²) < 4.78 is 5.10. The maximum absolute atomic E-state index is 12.7. The number of carbonyl (C=O) groups excluding carboxylic acids is 2. The second-order valence-electron chi connectivity index (χ2n) is 7.51. The van der Waals surface area contributed by atoms with Crippen LogP contribution in [0, 0.1) is 13.8 Å². The number of benzene rings is 2. The molecule has 2 aromatic carbocycles. The zero-order valence-electron chi connectivity index (χ0n) is 17.4. The summed E-state index contributed by atoms with van der Waals surface area (Å²) in [6.45, 7) is 7.48. The fourth-order valence-corrected chi connectivity index (χ4v) is 3.60. The van der Waals surface area contributed by atoms with E-state index in [0.29, 0.717) is 44.9 Å². The Bertz CT molecular complexity index is 836. The molecular weight excluding hydrogens is 366 g/mol. The Balaban J connectivity index is 1.49. The van der Waals surface area contributed by atoms with Crippen molar-refractivity contribution < 1.29 is 14.3 Å². The van der Waals surface area contributed by atoms with Crippen molar-refractivity contribution in [2.75, 3.05) is 45.2 Å². The van der Waals surface area contributed by atoms with Gasteiger partial charge >= 0.3 is 0 Å². The Morgan fingerprint density at radius 3 is 2.17 bits per heavy atom. The molecule has 0 unspecified atom stereocenters. The van der Waals surface area contributed by atoms with E-state index >= 15 is 0 Å². The van der Waals surface area contributed by atoms with Gasteiger partial charge in [0.25, 0.3) is 5.91 Å². The van der Waals surface area contributed by atoms with Gasteiger partial charge in [0.05, 0.1) is 13.2 Å². The van der Waals surface area contributed by atoms with Crippen molar-refractivity contribution in [1.82, 2.24) is 9.80 Å². The van der Waals surface area contributed by atoms with Gasteiger partial charge in [-0.05, 0) is 42.7 Å². The maximum Gasteiger partial charge on any atom is 0.253 e. The minimum Gasteiger partial charge on any atom is -0.380 e. The highest BCUT2D eigenvalue weighted by molar-refractivity contribution is 5.95. The van der Waals surface area contributed by atoms with Crippen molar-refractivity contribution in [2.45, 2.75) is 20.5 Å². The van der Waals surface area contributed by atoms with Crippen LogP contribution in [0.2, 0.25) is 0 Å². The number of aryl methyl sites for hydroxylation is 2. The van der Waals surface area contributed by atoms with Crippen molar-refractivity contribution >= 4 is 17.5 Å². The molecule has 2 aromatic rings. The molecule has 2 amide bonds. The Labute approximate surface area is 172 Å². The smallest absolute Gasteiger partial charge is 0.253 e. The number of nitrogens with zero attached hydrogens (tertiary/aromatic N) is 2. The molecule has 29 heavy (non-hydrogen) atoms. The third-order valence-corrected chi connectivity index (χ3v) is 5.28. The van der Waals surface area contributed by atoms with E-state index in [1.54, 1.807) is 7.11 Å². The number of carbonyl (C=O) groups is 2. The zero-order chi connectivity index (χ0) is 20.8. The summed E-state index contributed by atoms with van der Waals surface area (Å²) in [6.07, 6.45) is 0. The van der Waals surface area contributed by atoms with Crippen molar-refractivity contribution in [3.63, 3.8) is 0 Å². The van der Waals surface area contributed by atoms with Crippen LogP contribution in [0.4, 0.5) is 5.69 Å². The van der Waals surface area contributed by atoms with E-state index in [0.717, 1.165) is 22.4 Å². The number of para-hydroxylation sites is 1. The van der Waals surface area contributed by atoms with Crippen molar-refractivity contribution in [3.05, 3.63) is 64.7 Å². The highest BCUT2D eigenvalue weighted by atomic mass is 16.5. The van der Waals surface area contributed by atoms with Gasteiger partial charge in [-0.25, -0.2) is 0 Å². The fraction of sp³-hybridized carbons (Fsp3) is 0.391. The van der Waals surface area contributed by atoms with Crippen LogP contribution in [0.3, 0.4) is 0 Å². The van der Waals surface area contributed by atoms with Crippen molar-refractivity contribution in [1.29, 1.82) is 0 Å².